The monoisotopic (exact) mass is 444 g/mol. The van der Waals surface area contributed by atoms with Gasteiger partial charge in [0.15, 0.2) is 0 Å². The second kappa shape index (κ2) is 6.55. The number of hydrogen-bond donors (Lipinski definition) is 0. The van der Waals surface area contributed by atoms with E-state index in [1.165, 1.54) is 16.7 Å². The predicted molar refractivity (Wildman–Crippen MR) is 93.1 cm³/mol. The molecule has 0 aromatic heterocycles. The minimum absolute atomic E-state index is 0.195. The number of hydrogen-bond acceptors (Lipinski definition) is 0. The zero-order chi connectivity index (χ0) is 14.0. The van der Waals surface area contributed by atoms with E-state index in [2.05, 4.69) is 98.0 Å². The molecule has 0 aliphatic heterocycles. The number of rotatable bonds is 3. The molecule has 0 aliphatic rings. The summed E-state index contributed by atoms with van der Waals surface area (Å²) >= 11 is 10.9. The van der Waals surface area contributed by atoms with Crippen LogP contribution in [0.3, 0.4) is 0 Å². The van der Waals surface area contributed by atoms with Crippen molar-refractivity contribution in [3.8, 4) is 0 Å². The van der Waals surface area contributed by atoms with Gasteiger partial charge in [-0.2, -0.15) is 0 Å². The molecular formula is C16H15Br3. The quantitative estimate of drug-likeness (QED) is 0.454. The summed E-state index contributed by atoms with van der Waals surface area (Å²) in [6.45, 7) is 4.43. The van der Waals surface area contributed by atoms with Crippen LogP contribution in [0.15, 0.2) is 51.4 Å². The SMILES string of the molecule is CC(C)c1ccc(C(Br)c2cc(Br)ccc2Br)cc1. The molecular weight excluding hydrogens is 432 g/mol. The first-order valence-corrected chi connectivity index (χ1v) is 8.68. The Morgan fingerprint density at radius 1 is 0.842 bits per heavy atom. The molecule has 2 aromatic rings. The summed E-state index contributed by atoms with van der Waals surface area (Å²) in [6.07, 6.45) is 0. The van der Waals surface area contributed by atoms with Crippen molar-refractivity contribution in [2.45, 2.75) is 24.6 Å². The molecule has 19 heavy (non-hydrogen) atoms. The fourth-order valence-corrected chi connectivity index (χ4v) is 3.78. The second-order valence-electron chi connectivity index (χ2n) is 4.85. The molecule has 1 atom stereocenters. The van der Waals surface area contributed by atoms with Crippen molar-refractivity contribution >= 4 is 47.8 Å². The third-order valence-corrected chi connectivity index (χ3v) is 5.36. The van der Waals surface area contributed by atoms with Gasteiger partial charge in [-0.15, -0.1) is 0 Å². The van der Waals surface area contributed by atoms with Gasteiger partial charge in [-0.25, -0.2) is 0 Å². The summed E-state index contributed by atoms with van der Waals surface area (Å²) < 4.78 is 2.21. The summed E-state index contributed by atoms with van der Waals surface area (Å²) in [5, 5.41) is 0. The van der Waals surface area contributed by atoms with Crippen LogP contribution in [-0.4, -0.2) is 0 Å². The lowest BCUT2D eigenvalue weighted by atomic mass is 9.99. The first-order chi connectivity index (χ1) is 8.99. The smallest absolute Gasteiger partial charge is 0.0656 e. The van der Waals surface area contributed by atoms with Gasteiger partial charge in [-0.05, 0) is 40.8 Å². The molecule has 2 rings (SSSR count). The van der Waals surface area contributed by atoms with E-state index in [0.29, 0.717) is 5.92 Å². The minimum Gasteiger partial charge on any atom is -0.0786 e. The van der Waals surface area contributed by atoms with E-state index in [1.54, 1.807) is 0 Å². The lowest BCUT2D eigenvalue weighted by Gasteiger charge is -2.14. The van der Waals surface area contributed by atoms with E-state index in [4.69, 9.17) is 0 Å². The zero-order valence-electron chi connectivity index (χ0n) is 10.8. The number of halogens is 3. The van der Waals surface area contributed by atoms with Gasteiger partial charge in [0.25, 0.3) is 0 Å². The molecule has 2 aromatic carbocycles. The molecule has 0 amide bonds. The van der Waals surface area contributed by atoms with Crippen molar-refractivity contribution < 1.29 is 0 Å². The van der Waals surface area contributed by atoms with Crippen LogP contribution in [0.25, 0.3) is 0 Å². The fraction of sp³-hybridized carbons (Fsp3) is 0.250. The highest BCUT2D eigenvalue weighted by Gasteiger charge is 2.14. The molecule has 0 saturated carbocycles. The summed E-state index contributed by atoms with van der Waals surface area (Å²) in [6, 6.07) is 15.1. The maximum absolute atomic E-state index is 3.79. The first kappa shape index (κ1) is 15.3. The Balaban J connectivity index is 2.33. The van der Waals surface area contributed by atoms with E-state index < -0.39 is 0 Å². The topological polar surface area (TPSA) is 0 Å². The Kier molecular flexibility index (Phi) is 5.27. The van der Waals surface area contributed by atoms with Gasteiger partial charge >= 0.3 is 0 Å². The van der Waals surface area contributed by atoms with Crippen molar-refractivity contribution in [3.05, 3.63) is 68.1 Å². The van der Waals surface area contributed by atoms with E-state index in [1.807, 2.05) is 6.07 Å². The molecule has 100 valence electrons. The maximum Gasteiger partial charge on any atom is 0.0656 e. The van der Waals surface area contributed by atoms with Gasteiger partial charge in [0, 0.05) is 8.95 Å². The van der Waals surface area contributed by atoms with Crippen LogP contribution in [0, 0.1) is 0 Å². The Morgan fingerprint density at radius 3 is 2.00 bits per heavy atom. The highest BCUT2D eigenvalue weighted by molar-refractivity contribution is 9.11. The van der Waals surface area contributed by atoms with Crippen LogP contribution < -0.4 is 0 Å². The van der Waals surface area contributed by atoms with E-state index in [0.717, 1.165) is 8.95 Å². The van der Waals surface area contributed by atoms with Crippen molar-refractivity contribution in [1.82, 2.24) is 0 Å². The molecule has 0 fully saturated rings. The summed E-state index contributed by atoms with van der Waals surface area (Å²) in [5.74, 6) is 0.570. The second-order valence-corrected chi connectivity index (χ2v) is 7.54. The van der Waals surface area contributed by atoms with Gasteiger partial charge in [0.2, 0.25) is 0 Å². The van der Waals surface area contributed by atoms with E-state index >= 15 is 0 Å². The lowest BCUT2D eigenvalue weighted by molar-refractivity contribution is 0.865. The standard InChI is InChI=1S/C16H15Br3/c1-10(2)11-3-5-12(6-4-11)16(19)14-9-13(17)7-8-15(14)18/h3-10,16H,1-2H3. The summed E-state index contributed by atoms with van der Waals surface area (Å²) in [4.78, 5) is 0.195. The van der Waals surface area contributed by atoms with Gasteiger partial charge < -0.3 is 0 Å². The van der Waals surface area contributed by atoms with Gasteiger partial charge in [-0.3, -0.25) is 0 Å². The molecule has 3 heteroatoms. The molecule has 0 bridgehead atoms. The van der Waals surface area contributed by atoms with Crippen molar-refractivity contribution in [2.75, 3.05) is 0 Å². The number of benzene rings is 2. The van der Waals surface area contributed by atoms with Crippen LogP contribution in [0.1, 0.15) is 41.3 Å². The Bertz CT molecular complexity index is 559. The fourth-order valence-electron chi connectivity index (χ4n) is 1.94. The van der Waals surface area contributed by atoms with Crippen LogP contribution in [0.5, 0.6) is 0 Å². The van der Waals surface area contributed by atoms with Crippen LogP contribution in [0.2, 0.25) is 0 Å². The highest BCUT2D eigenvalue weighted by Crippen LogP contribution is 2.37. The summed E-state index contributed by atoms with van der Waals surface area (Å²) in [7, 11) is 0. The molecule has 1 unspecified atom stereocenters. The zero-order valence-corrected chi connectivity index (χ0v) is 15.6. The van der Waals surface area contributed by atoms with Crippen molar-refractivity contribution in [2.24, 2.45) is 0 Å². The Hall–Kier alpha value is -0.120. The molecule has 0 N–H and O–H groups in total. The molecule has 0 saturated heterocycles. The minimum atomic E-state index is 0.195. The van der Waals surface area contributed by atoms with Gasteiger partial charge in [0.05, 0.1) is 4.83 Å². The maximum atomic E-state index is 3.79. The largest absolute Gasteiger partial charge is 0.0786 e. The average Bonchev–Trinajstić information content (AvgIpc) is 2.41. The lowest BCUT2D eigenvalue weighted by Crippen LogP contribution is -1.95. The molecule has 0 radical (unpaired) electrons. The highest BCUT2D eigenvalue weighted by atomic mass is 79.9. The van der Waals surface area contributed by atoms with Gasteiger partial charge in [0.1, 0.15) is 0 Å². The van der Waals surface area contributed by atoms with Gasteiger partial charge in [-0.1, -0.05) is 85.9 Å². The van der Waals surface area contributed by atoms with Crippen molar-refractivity contribution in [3.63, 3.8) is 0 Å². The predicted octanol–water partition coefficient (Wildman–Crippen LogP) is 6.82. The van der Waals surface area contributed by atoms with Crippen molar-refractivity contribution in [1.29, 1.82) is 0 Å². The normalized spacial score (nSPS) is 12.7. The third-order valence-electron chi connectivity index (χ3n) is 3.13. The molecule has 0 heterocycles. The summed E-state index contributed by atoms with van der Waals surface area (Å²) in [5.41, 5.74) is 3.87. The van der Waals surface area contributed by atoms with Crippen LogP contribution in [0.4, 0.5) is 0 Å². The Morgan fingerprint density at radius 2 is 1.42 bits per heavy atom. The first-order valence-electron chi connectivity index (χ1n) is 6.18. The van der Waals surface area contributed by atoms with E-state index in [-0.39, 0.29) is 4.83 Å². The third kappa shape index (κ3) is 3.71. The van der Waals surface area contributed by atoms with Crippen LogP contribution in [-0.2, 0) is 0 Å². The molecule has 0 aliphatic carbocycles. The van der Waals surface area contributed by atoms with Crippen LogP contribution >= 0.6 is 47.8 Å². The molecule has 0 nitrogen and oxygen atoms in total. The number of alkyl halides is 1. The molecule has 0 spiro atoms. The average molecular weight is 447 g/mol. The van der Waals surface area contributed by atoms with E-state index in [9.17, 15) is 0 Å². The Labute approximate surface area is 140 Å².